The summed E-state index contributed by atoms with van der Waals surface area (Å²) in [5.41, 5.74) is 4.88. The predicted molar refractivity (Wildman–Crippen MR) is 46.4 cm³/mol. The number of nitrogens with one attached hydrogen (secondary N) is 1. The molecule has 74 valence electrons. The van der Waals surface area contributed by atoms with Gasteiger partial charge in [0.1, 0.15) is 0 Å². The first-order chi connectivity index (χ1) is 5.48. The first-order valence-corrected chi connectivity index (χ1v) is 4.29. The van der Waals surface area contributed by atoms with Crippen LogP contribution in [-0.4, -0.2) is 25.1 Å². The highest BCUT2D eigenvalue weighted by Gasteiger charge is 2.25. The second-order valence-corrected chi connectivity index (χ2v) is 3.27. The molecule has 0 aliphatic heterocycles. The number of alkyl halides is 2. The van der Waals surface area contributed by atoms with E-state index in [1.165, 1.54) is 0 Å². The summed E-state index contributed by atoms with van der Waals surface area (Å²) in [4.78, 5) is 0. The van der Waals surface area contributed by atoms with Crippen molar-refractivity contribution in [2.75, 3.05) is 13.1 Å². The number of rotatable bonds is 6. The van der Waals surface area contributed by atoms with Crippen molar-refractivity contribution in [3.8, 4) is 0 Å². The van der Waals surface area contributed by atoms with Crippen LogP contribution in [0.2, 0.25) is 0 Å². The van der Waals surface area contributed by atoms with Crippen molar-refractivity contribution in [3.63, 3.8) is 0 Å². The highest BCUT2D eigenvalue weighted by Crippen LogP contribution is 2.17. The summed E-state index contributed by atoms with van der Waals surface area (Å²) in [6.45, 7) is 4.06. The summed E-state index contributed by atoms with van der Waals surface area (Å²) in [5, 5.41) is 3.07. The fraction of sp³-hybridized carbons (Fsp3) is 1.00. The zero-order valence-electron chi connectivity index (χ0n) is 7.74. The minimum absolute atomic E-state index is 0.122. The van der Waals surface area contributed by atoms with Crippen LogP contribution >= 0.6 is 0 Å². The molecule has 0 rings (SSSR count). The van der Waals surface area contributed by atoms with E-state index in [2.05, 4.69) is 5.32 Å². The molecule has 0 bridgehead atoms. The molecule has 0 aliphatic rings. The maximum atomic E-state index is 12.5. The lowest BCUT2D eigenvalue weighted by Crippen LogP contribution is -2.30. The molecule has 0 aromatic carbocycles. The molecule has 0 aliphatic carbocycles. The van der Waals surface area contributed by atoms with Gasteiger partial charge in [0.25, 0.3) is 5.92 Å². The Morgan fingerprint density at radius 3 is 2.42 bits per heavy atom. The van der Waals surface area contributed by atoms with Crippen molar-refractivity contribution in [3.05, 3.63) is 0 Å². The summed E-state index contributed by atoms with van der Waals surface area (Å²) in [5.74, 6) is -2.68. The van der Waals surface area contributed by atoms with Gasteiger partial charge in [0.2, 0.25) is 0 Å². The third-order valence-electron chi connectivity index (χ3n) is 1.57. The topological polar surface area (TPSA) is 38.0 Å². The number of hydrogen-bond donors (Lipinski definition) is 2. The van der Waals surface area contributed by atoms with Gasteiger partial charge in [0.15, 0.2) is 0 Å². The van der Waals surface area contributed by atoms with E-state index in [1.54, 1.807) is 0 Å². The van der Waals surface area contributed by atoms with E-state index < -0.39 is 12.5 Å². The Labute approximate surface area is 72.5 Å². The minimum atomic E-state index is -2.68. The molecule has 0 aromatic rings. The Kier molecular flexibility index (Phi) is 5.33. The first-order valence-electron chi connectivity index (χ1n) is 4.29. The van der Waals surface area contributed by atoms with Crippen LogP contribution in [0.4, 0.5) is 8.78 Å². The Hall–Kier alpha value is -0.220. The van der Waals surface area contributed by atoms with E-state index in [9.17, 15) is 8.78 Å². The first kappa shape index (κ1) is 11.8. The van der Waals surface area contributed by atoms with E-state index in [-0.39, 0.29) is 6.42 Å². The normalized spacial score (nSPS) is 12.5. The molecule has 0 spiro atoms. The van der Waals surface area contributed by atoms with Crippen LogP contribution in [0.15, 0.2) is 0 Å². The zero-order chi connectivity index (χ0) is 9.61. The maximum absolute atomic E-state index is 12.5. The number of hydrogen-bond acceptors (Lipinski definition) is 2. The summed E-state index contributed by atoms with van der Waals surface area (Å²) in [7, 11) is 0. The zero-order valence-corrected chi connectivity index (χ0v) is 7.74. The fourth-order valence-electron chi connectivity index (χ4n) is 0.840. The quantitative estimate of drug-likeness (QED) is 0.606. The fourth-order valence-corrected chi connectivity index (χ4v) is 0.840. The Morgan fingerprint density at radius 1 is 1.42 bits per heavy atom. The molecular formula is C8H18F2N2. The molecule has 0 saturated carbocycles. The molecule has 3 N–H and O–H groups in total. The molecule has 0 amide bonds. The average molecular weight is 180 g/mol. The lowest BCUT2D eigenvalue weighted by molar-refractivity contribution is 0.000268. The van der Waals surface area contributed by atoms with Crippen molar-refractivity contribution in [1.29, 1.82) is 0 Å². The largest absolute Gasteiger partial charge is 0.325 e. The Balaban J connectivity index is 3.31. The van der Waals surface area contributed by atoms with Crippen molar-refractivity contribution in [1.82, 2.24) is 5.32 Å². The number of halogens is 2. The standard InChI is InChI=1S/C8H18F2N2/c1-7(2)12-5-3-4-8(9,10)6-11/h7,12H,3-6,11H2,1-2H3. The summed E-state index contributed by atoms with van der Waals surface area (Å²) in [6.07, 6.45) is 0.353. The van der Waals surface area contributed by atoms with Gasteiger partial charge in [-0.2, -0.15) is 0 Å². The van der Waals surface area contributed by atoms with Gasteiger partial charge in [-0.15, -0.1) is 0 Å². The van der Waals surface area contributed by atoms with Gasteiger partial charge in [-0.05, 0) is 13.0 Å². The van der Waals surface area contributed by atoms with Gasteiger partial charge in [-0.25, -0.2) is 8.78 Å². The van der Waals surface area contributed by atoms with Gasteiger partial charge in [-0.1, -0.05) is 13.8 Å². The molecule has 0 heterocycles. The van der Waals surface area contributed by atoms with Crippen molar-refractivity contribution >= 4 is 0 Å². The van der Waals surface area contributed by atoms with Crippen LogP contribution in [0.3, 0.4) is 0 Å². The van der Waals surface area contributed by atoms with E-state index in [1.807, 2.05) is 13.8 Å². The second kappa shape index (κ2) is 5.43. The van der Waals surface area contributed by atoms with Gasteiger partial charge < -0.3 is 11.1 Å². The monoisotopic (exact) mass is 180 g/mol. The summed E-state index contributed by atoms with van der Waals surface area (Å²) >= 11 is 0. The molecule has 0 radical (unpaired) electrons. The molecular weight excluding hydrogens is 162 g/mol. The Morgan fingerprint density at radius 2 is 2.00 bits per heavy atom. The molecule has 0 fully saturated rings. The third-order valence-corrected chi connectivity index (χ3v) is 1.57. The van der Waals surface area contributed by atoms with E-state index >= 15 is 0 Å². The van der Waals surface area contributed by atoms with E-state index in [0.717, 1.165) is 0 Å². The molecule has 0 unspecified atom stereocenters. The highest BCUT2D eigenvalue weighted by atomic mass is 19.3. The van der Waals surface area contributed by atoms with Gasteiger partial charge in [-0.3, -0.25) is 0 Å². The smallest absolute Gasteiger partial charge is 0.260 e. The van der Waals surface area contributed by atoms with Gasteiger partial charge in [0, 0.05) is 12.5 Å². The molecule has 0 aromatic heterocycles. The SMILES string of the molecule is CC(C)NCCCC(F)(F)CN. The Bertz CT molecular complexity index is 116. The molecule has 0 atom stereocenters. The lowest BCUT2D eigenvalue weighted by atomic mass is 10.2. The number of nitrogens with two attached hydrogens (primary N) is 1. The average Bonchev–Trinajstić information content (AvgIpc) is 1.98. The predicted octanol–water partition coefficient (Wildman–Crippen LogP) is 1.36. The van der Waals surface area contributed by atoms with E-state index in [0.29, 0.717) is 19.0 Å². The van der Waals surface area contributed by atoms with E-state index in [4.69, 9.17) is 5.73 Å². The molecule has 12 heavy (non-hydrogen) atoms. The van der Waals surface area contributed by atoms with Crippen LogP contribution < -0.4 is 11.1 Å². The maximum Gasteiger partial charge on any atom is 0.260 e. The van der Waals surface area contributed by atoms with Crippen LogP contribution in [-0.2, 0) is 0 Å². The highest BCUT2D eigenvalue weighted by molar-refractivity contribution is 4.67. The van der Waals surface area contributed by atoms with Crippen LogP contribution in [0.5, 0.6) is 0 Å². The molecule has 4 heteroatoms. The van der Waals surface area contributed by atoms with Crippen molar-refractivity contribution in [2.45, 2.75) is 38.7 Å². The molecule has 2 nitrogen and oxygen atoms in total. The molecule has 0 saturated heterocycles. The van der Waals surface area contributed by atoms with Gasteiger partial charge in [0.05, 0.1) is 6.54 Å². The van der Waals surface area contributed by atoms with Crippen LogP contribution in [0.1, 0.15) is 26.7 Å². The lowest BCUT2D eigenvalue weighted by Gasteiger charge is -2.14. The van der Waals surface area contributed by atoms with Crippen molar-refractivity contribution in [2.24, 2.45) is 5.73 Å². The van der Waals surface area contributed by atoms with Crippen LogP contribution in [0.25, 0.3) is 0 Å². The van der Waals surface area contributed by atoms with Gasteiger partial charge >= 0.3 is 0 Å². The van der Waals surface area contributed by atoms with Crippen LogP contribution in [0, 0.1) is 0 Å². The third kappa shape index (κ3) is 6.49. The summed E-state index contributed by atoms with van der Waals surface area (Å²) in [6, 6.07) is 0.358. The summed E-state index contributed by atoms with van der Waals surface area (Å²) < 4.78 is 25.0. The second-order valence-electron chi connectivity index (χ2n) is 3.27. The van der Waals surface area contributed by atoms with Crippen molar-refractivity contribution < 1.29 is 8.78 Å². The minimum Gasteiger partial charge on any atom is -0.325 e.